The first-order valence-electron chi connectivity index (χ1n) is 21.0. The summed E-state index contributed by atoms with van der Waals surface area (Å²) >= 11 is 0. The minimum absolute atomic E-state index is 1.08. The first-order valence-corrected chi connectivity index (χ1v) is 21.0. The molecule has 0 amide bonds. The van der Waals surface area contributed by atoms with Crippen LogP contribution in [0.15, 0.2) is 249 Å². The molecule has 0 aliphatic heterocycles. The molecule has 0 aliphatic rings. The Morgan fingerprint density at radius 3 is 1.39 bits per heavy atom. The SMILES string of the molecule is c1ccc(-c2ccc(-c3ccc(N(c4cccc(-c5ccc6ccccc6c5)c4)c4cc(-c5cccc6ccccc56)ccc4-c4cccc5ccccc45)cc3)cc2)cc1. The normalized spacial score (nSPS) is 11.3. The Kier molecular flexibility index (Phi) is 9.26. The topological polar surface area (TPSA) is 3.24 Å². The van der Waals surface area contributed by atoms with Gasteiger partial charge >= 0.3 is 0 Å². The fraction of sp³-hybridized carbons (Fsp3) is 0. The van der Waals surface area contributed by atoms with E-state index in [1.54, 1.807) is 0 Å². The Labute approximate surface area is 357 Å². The molecule has 0 saturated carbocycles. The summed E-state index contributed by atoms with van der Waals surface area (Å²) in [7, 11) is 0. The van der Waals surface area contributed by atoms with E-state index in [1.807, 2.05) is 0 Å². The fourth-order valence-corrected chi connectivity index (χ4v) is 8.96. The lowest BCUT2D eigenvalue weighted by atomic mass is 9.92. The minimum atomic E-state index is 1.08. The molecule has 0 heterocycles. The third-order valence-corrected chi connectivity index (χ3v) is 12.1. The summed E-state index contributed by atoms with van der Waals surface area (Å²) in [5, 5.41) is 7.38. The van der Waals surface area contributed by atoms with Crippen molar-refractivity contribution < 1.29 is 0 Å². The van der Waals surface area contributed by atoms with E-state index in [0.717, 1.165) is 22.6 Å². The van der Waals surface area contributed by atoms with Crippen LogP contribution < -0.4 is 4.90 Å². The summed E-state index contributed by atoms with van der Waals surface area (Å²) < 4.78 is 0. The zero-order valence-corrected chi connectivity index (χ0v) is 33.6. The second-order valence-corrected chi connectivity index (χ2v) is 15.7. The van der Waals surface area contributed by atoms with Gasteiger partial charge in [0.15, 0.2) is 0 Å². The van der Waals surface area contributed by atoms with Gasteiger partial charge in [-0.2, -0.15) is 0 Å². The van der Waals surface area contributed by atoms with Gasteiger partial charge in [0.1, 0.15) is 0 Å². The molecule has 0 saturated heterocycles. The Balaban J connectivity index is 1.11. The number of fused-ring (bicyclic) bond motifs is 3. The molecular weight excluding hydrogens is 735 g/mol. The molecule has 286 valence electrons. The molecule has 11 aromatic rings. The van der Waals surface area contributed by atoms with Gasteiger partial charge in [-0.05, 0) is 119 Å². The number of hydrogen-bond donors (Lipinski definition) is 0. The maximum Gasteiger partial charge on any atom is 0.0546 e. The summed E-state index contributed by atoms with van der Waals surface area (Å²) in [5.41, 5.74) is 15.2. The lowest BCUT2D eigenvalue weighted by molar-refractivity contribution is 1.28. The highest BCUT2D eigenvalue weighted by Crippen LogP contribution is 2.46. The molecule has 0 atom stereocenters. The molecule has 0 aliphatic carbocycles. The van der Waals surface area contributed by atoms with Gasteiger partial charge in [0.25, 0.3) is 0 Å². The average Bonchev–Trinajstić information content (AvgIpc) is 3.34. The lowest BCUT2D eigenvalue weighted by Crippen LogP contribution is -2.12. The van der Waals surface area contributed by atoms with E-state index < -0.39 is 0 Å². The number of benzene rings is 11. The molecule has 0 spiro atoms. The van der Waals surface area contributed by atoms with Crippen molar-refractivity contribution in [2.75, 3.05) is 4.90 Å². The Morgan fingerprint density at radius 1 is 0.213 bits per heavy atom. The molecule has 0 aromatic heterocycles. The highest BCUT2D eigenvalue weighted by molar-refractivity contribution is 6.04. The molecule has 11 rings (SSSR count). The van der Waals surface area contributed by atoms with Crippen molar-refractivity contribution in [3.05, 3.63) is 249 Å². The van der Waals surface area contributed by atoms with Crippen LogP contribution in [0.25, 0.3) is 88.0 Å². The fourth-order valence-electron chi connectivity index (χ4n) is 8.96. The van der Waals surface area contributed by atoms with Crippen molar-refractivity contribution in [2.24, 2.45) is 0 Å². The lowest BCUT2D eigenvalue weighted by Gasteiger charge is -2.29. The maximum atomic E-state index is 2.46. The van der Waals surface area contributed by atoms with Gasteiger partial charge < -0.3 is 4.90 Å². The molecule has 1 heteroatoms. The van der Waals surface area contributed by atoms with Crippen molar-refractivity contribution in [2.45, 2.75) is 0 Å². The van der Waals surface area contributed by atoms with Crippen LogP contribution in [0.5, 0.6) is 0 Å². The third-order valence-electron chi connectivity index (χ3n) is 12.1. The van der Waals surface area contributed by atoms with Crippen LogP contribution in [0, 0.1) is 0 Å². The number of hydrogen-bond acceptors (Lipinski definition) is 1. The summed E-state index contributed by atoms with van der Waals surface area (Å²) in [6.07, 6.45) is 0. The molecule has 0 radical (unpaired) electrons. The van der Waals surface area contributed by atoms with E-state index in [1.165, 1.54) is 82.4 Å². The summed E-state index contributed by atoms with van der Waals surface area (Å²) in [6.45, 7) is 0. The molecular formula is C60H41N. The standard InChI is InChI=1S/C60H41N/c1-2-13-42(14-3-1)44-27-29-45(30-28-44)46-33-36-53(37-34-46)61(54-22-10-21-50(40-54)51-32-31-43-15-4-5-18-49(43)39-51)60-41-52(57-25-11-19-47-16-6-8-23-55(47)57)35-38-59(60)58-26-12-20-48-17-7-9-24-56(48)58/h1-41H. The van der Waals surface area contributed by atoms with E-state index in [-0.39, 0.29) is 0 Å². The quantitative estimate of drug-likeness (QED) is 0.149. The molecule has 1 nitrogen and oxygen atoms in total. The van der Waals surface area contributed by atoms with E-state index in [2.05, 4.69) is 254 Å². The van der Waals surface area contributed by atoms with Crippen molar-refractivity contribution in [3.63, 3.8) is 0 Å². The first kappa shape index (κ1) is 36.1. The van der Waals surface area contributed by atoms with E-state index in [4.69, 9.17) is 0 Å². The van der Waals surface area contributed by atoms with Gasteiger partial charge in [0, 0.05) is 16.9 Å². The Bertz CT molecular complexity index is 3330. The Hall–Kier alpha value is -8.00. The highest BCUT2D eigenvalue weighted by atomic mass is 15.1. The molecule has 0 N–H and O–H groups in total. The first-order chi connectivity index (χ1) is 30.2. The van der Waals surface area contributed by atoms with Gasteiger partial charge in [-0.3, -0.25) is 0 Å². The molecule has 0 unspecified atom stereocenters. The summed E-state index contributed by atoms with van der Waals surface area (Å²) in [4.78, 5) is 2.46. The van der Waals surface area contributed by atoms with Crippen molar-refractivity contribution in [1.29, 1.82) is 0 Å². The average molecular weight is 776 g/mol. The smallest absolute Gasteiger partial charge is 0.0546 e. The second-order valence-electron chi connectivity index (χ2n) is 15.7. The maximum absolute atomic E-state index is 2.46. The minimum Gasteiger partial charge on any atom is -0.310 e. The van der Waals surface area contributed by atoms with Crippen LogP contribution in [0.3, 0.4) is 0 Å². The van der Waals surface area contributed by atoms with Gasteiger partial charge in [-0.15, -0.1) is 0 Å². The largest absolute Gasteiger partial charge is 0.310 e. The predicted molar refractivity (Wildman–Crippen MR) is 261 cm³/mol. The number of anilines is 3. The van der Waals surface area contributed by atoms with Crippen LogP contribution in [0.1, 0.15) is 0 Å². The summed E-state index contributed by atoms with van der Waals surface area (Å²) in [6, 6.07) is 90.7. The molecule has 0 fully saturated rings. The van der Waals surface area contributed by atoms with Gasteiger partial charge in [-0.1, -0.05) is 212 Å². The van der Waals surface area contributed by atoms with Crippen molar-refractivity contribution >= 4 is 49.4 Å². The monoisotopic (exact) mass is 775 g/mol. The van der Waals surface area contributed by atoms with Gasteiger partial charge in [0.2, 0.25) is 0 Å². The second kappa shape index (κ2) is 15.6. The van der Waals surface area contributed by atoms with Crippen LogP contribution in [-0.2, 0) is 0 Å². The molecule has 11 aromatic carbocycles. The Morgan fingerprint density at radius 2 is 0.689 bits per heavy atom. The third kappa shape index (κ3) is 6.93. The number of rotatable bonds is 8. The number of nitrogens with zero attached hydrogens (tertiary/aromatic N) is 1. The van der Waals surface area contributed by atoms with Crippen molar-refractivity contribution in [1.82, 2.24) is 0 Å². The highest BCUT2D eigenvalue weighted by Gasteiger charge is 2.21. The van der Waals surface area contributed by atoms with Crippen molar-refractivity contribution in [3.8, 4) is 55.6 Å². The zero-order valence-electron chi connectivity index (χ0n) is 33.6. The predicted octanol–water partition coefficient (Wildman–Crippen LogP) is 17.0. The molecule has 61 heavy (non-hydrogen) atoms. The van der Waals surface area contributed by atoms with E-state index in [9.17, 15) is 0 Å². The van der Waals surface area contributed by atoms with Crippen LogP contribution >= 0.6 is 0 Å². The van der Waals surface area contributed by atoms with Crippen LogP contribution in [0.4, 0.5) is 17.1 Å². The van der Waals surface area contributed by atoms with E-state index in [0.29, 0.717) is 0 Å². The molecule has 0 bridgehead atoms. The van der Waals surface area contributed by atoms with E-state index >= 15 is 0 Å². The zero-order chi connectivity index (χ0) is 40.5. The van der Waals surface area contributed by atoms with Crippen LogP contribution in [0.2, 0.25) is 0 Å². The summed E-state index contributed by atoms with van der Waals surface area (Å²) in [5.74, 6) is 0. The van der Waals surface area contributed by atoms with Gasteiger partial charge in [0.05, 0.1) is 5.69 Å². The van der Waals surface area contributed by atoms with Crippen LogP contribution in [-0.4, -0.2) is 0 Å². The van der Waals surface area contributed by atoms with Gasteiger partial charge in [-0.25, -0.2) is 0 Å².